The third-order valence-corrected chi connectivity index (χ3v) is 4.25. The van der Waals surface area contributed by atoms with Gasteiger partial charge < -0.3 is 9.64 Å². The normalized spacial score (nSPS) is 17.2. The van der Waals surface area contributed by atoms with E-state index in [4.69, 9.17) is 16.3 Å². The van der Waals surface area contributed by atoms with Gasteiger partial charge in [0.15, 0.2) is 0 Å². The minimum atomic E-state index is -0.409. The zero-order valence-corrected chi connectivity index (χ0v) is 14.8. The molecule has 0 spiro atoms. The average Bonchev–Trinajstić information content (AvgIpc) is 2.54. The lowest BCUT2D eigenvalue weighted by Crippen LogP contribution is -2.37. The highest BCUT2D eigenvalue weighted by Gasteiger charge is 2.24. The molecule has 0 radical (unpaired) electrons. The van der Waals surface area contributed by atoms with Gasteiger partial charge in [0.25, 0.3) is 0 Å². The van der Waals surface area contributed by atoms with Gasteiger partial charge in [0.1, 0.15) is 11.9 Å². The summed E-state index contributed by atoms with van der Waals surface area (Å²) in [5.74, 6) is -0.725. The Bertz CT molecular complexity index is 838. The molecule has 0 saturated heterocycles. The van der Waals surface area contributed by atoms with Crippen molar-refractivity contribution in [3.8, 4) is 0 Å². The number of anilines is 1. The van der Waals surface area contributed by atoms with Crippen molar-refractivity contribution in [2.75, 3.05) is 25.0 Å². The van der Waals surface area contributed by atoms with E-state index in [1.807, 2.05) is 18.0 Å². The number of hydrogen-bond acceptors (Lipinski definition) is 4. The lowest BCUT2D eigenvalue weighted by atomic mass is 9.98. The third-order valence-electron chi connectivity index (χ3n) is 4.02. The molecule has 1 heterocycles. The van der Waals surface area contributed by atoms with Gasteiger partial charge in [-0.15, -0.1) is 0 Å². The van der Waals surface area contributed by atoms with Crippen LogP contribution in [0.3, 0.4) is 0 Å². The number of likely N-dealkylation sites (N-methyl/N-ethyl adjacent to an activating group) is 1. The van der Waals surface area contributed by atoms with Gasteiger partial charge in [0, 0.05) is 35.8 Å². The van der Waals surface area contributed by atoms with E-state index in [1.54, 1.807) is 30.3 Å². The molecule has 1 aliphatic heterocycles. The first kappa shape index (κ1) is 17.4. The lowest BCUT2D eigenvalue weighted by molar-refractivity contribution is -0.145. The number of benzene rings is 2. The molecule has 1 atom stereocenters. The molecule has 3 rings (SSSR count). The van der Waals surface area contributed by atoms with Crippen LogP contribution in [0.2, 0.25) is 5.02 Å². The highest BCUT2D eigenvalue weighted by molar-refractivity contribution is 6.31. The van der Waals surface area contributed by atoms with Crippen LogP contribution >= 0.6 is 11.6 Å². The standard InChI is InChI=1S/C19H18ClFN2O2/c1-12(24)25-14-10-22-19(15-5-3-4-6-17(15)21)16-9-13(20)7-8-18(16)23(2)11-14/h3-9,14H,10-11H2,1-2H3. The molecule has 0 aromatic heterocycles. The van der Waals surface area contributed by atoms with E-state index >= 15 is 0 Å². The zero-order chi connectivity index (χ0) is 18.0. The Morgan fingerprint density at radius 3 is 2.76 bits per heavy atom. The second kappa shape index (κ2) is 7.23. The van der Waals surface area contributed by atoms with Crippen LogP contribution in [0.15, 0.2) is 47.5 Å². The molecule has 1 aliphatic rings. The molecular formula is C19H18ClFN2O2. The van der Waals surface area contributed by atoms with Crippen LogP contribution in [0, 0.1) is 5.82 Å². The van der Waals surface area contributed by atoms with Crippen LogP contribution in [0.25, 0.3) is 0 Å². The van der Waals surface area contributed by atoms with Crippen LogP contribution in [-0.2, 0) is 9.53 Å². The van der Waals surface area contributed by atoms with Crippen molar-refractivity contribution in [3.05, 3.63) is 64.4 Å². The van der Waals surface area contributed by atoms with Crippen LogP contribution in [0.4, 0.5) is 10.1 Å². The number of fused-ring (bicyclic) bond motifs is 1. The summed E-state index contributed by atoms with van der Waals surface area (Å²) in [5, 5.41) is 0.549. The van der Waals surface area contributed by atoms with Crippen LogP contribution in [0.5, 0.6) is 0 Å². The molecule has 1 unspecified atom stereocenters. The molecule has 2 aromatic carbocycles. The summed E-state index contributed by atoms with van der Waals surface area (Å²) < 4.78 is 19.7. The first-order valence-corrected chi connectivity index (χ1v) is 8.31. The number of carbonyl (C=O) groups excluding carboxylic acids is 1. The Balaban J connectivity index is 2.15. The van der Waals surface area contributed by atoms with E-state index in [1.165, 1.54) is 13.0 Å². The molecule has 0 N–H and O–H groups in total. The number of carbonyl (C=O) groups is 1. The third kappa shape index (κ3) is 3.82. The van der Waals surface area contributed by atoms with Crippen molar-refractivity contribution in [2.45, 2.75) is 13.0 Å². The zero-order valence-electron chi connectivity index (χ0n) is 14.0. The first-order valence-electron chi connectivity index (χ1n) is 7.93. The van der Waals surface area contributed by atoms with Crippen molar-refractivity contribution >= 4 is 29.0 Å². The van der Waals surface area contributed by atoms with E-state index < -0.39 is 6.10 Å². The van der Waals surface area contributed by atoms with Crippen LogP contribution in [0.1, 0.15) is 18.1 Å². The predicted molar refractivity (Wildman–Crippen MR) is 97.2 cm³/mol. The molecular weight excluding hydrogens is 343 g/mol. The highest BCUT2D eigenvalue weighted by Crippen LogP contribution is 2.29. The second-order valence-electron chi connectivity index (χ2n) is 5.94. The van der Waals surface area contributed by atoms with Gasteiger partial charge in [0.2, 0.25) is 0 Å². The van der Waals surface area contributed by atoms with Gasteiger partial charge in [-0.3, -0.25) is 9.79 Å². The Morgan fingerprint density at radius 2 is 2.04 bits per heavy atom. The summed E-state index contributed by atoms with van der Waals surface area (Å²) in [6.07, 6.45) is -0.409. The quantitative estimate of drug-likeness (QED) is 0.767. The second-order valence-corrected chi connectivity index (χ2v) is 6.38. The van der Waals surface area contributed by atoms with Gasteiger partial charge in [-0.25, -0.2) is 4.39 Å². The Kier molecular flexibility index (Phi) is 5.04. The summed E-state index contributed by atoms with van der Waals surface area (Å²) >= 11 is 6.17. The largest absolute Gasteiger partial charge is 0.459 e. The fraction of sp³-hybridized carbons (Fsp3) is 0.263. The molecule has 6 heteroatoms. The minimum absolute atomic E-state index is 0.250. The van der Waals surface area contributed by atoms with E-state index in [-0.39, 0.29) is 18.3 Å². The van der Waals surface area contributed by atoms with Gasteiger partial charge in [-0.1, -0.05) is 23.7 Å². The molecule has 0 bridgehead atoms. The first-order chi connectivity index (χ1) is 12.0. The summed E-state index contributed by atoms with van der Waals surface area (Å²) in [7, 11) is 1.90. The number of hydrogen-bond donors (Lipinski definition) is 0. The van der Waals surface area contributed by atoms with Crippen molar-refractivity contribution in [1.82, 2.24) is 0 Å². The molecule has 0 aliphatic carbocycles. The molecule has 130 valence electrons. The SMILES string of the molecule is CC(=O)OC1CN=C(c2ccccc2F)c2cc(Cl)ccc2N(C)C1. The van der Waals surface area contributed by atoms with Crippen molar-refractivity contribution in [1.29, 1.82) is 0 Å². The maximum atomic E-state index is 14.4. The monoisotopic (exact) mass is 360 g/mol. The number of halogens is 2. The van der Waals surface area contributed by atoms with Gasteiger partial charge in [-0.2, -0.15) is 0 Å². The summed E-state index contributed by atoms with van der Waals surface area (Å²) in [6.45, 7) is 2.11. The topological polar surface area (TPSA) is 41.9 Å². The fourth-order valence-corrected chi connectivity index (χ4v) is 3.14. The number of ether oxygens (including phenoxy) is 1. The van der Waals surface area contributed by atoms with E-state index in [9.17, 15) is 9.18 Å². The fourth-order valence-electron chi connectivity index (χ4n) is 2.96. The molecule has 2 aromatic rings. The maximum absolute atomic E-state index is 14.4. The average molecular weight is 361 g/mol. The summed E-state index contributed by atoms with van der Waals surface area (Å²) in [6, 6.07) is 11.9. The summed E-state index contributed by atoms with van der Waals surface area (Å²) in [4.78, 5) is 17.9. The predicted octanol–water partition coefficient (Wildman–Crippen LogP) is 3.70. The van der Waals surface area contributed by atoms with Gasteiger partial charge >= 0.3 is 5.97 Å². The lowest BCUT2D eigenvalue weighted by Gasteiger charge is -2.29. The number of nitrogens with zero attached hydrogens (tertiary/aromatic N) is 2. The molecule has 4 nitrogen and oxygen atoms in total. The van der Waals surface area contributed by atoms with Crippen molar-refractivity contribution in [3.63, 3.8) is 0 Å². The molecule has 0 fully saturated rings. The molecule has 25 heavy (non-hydrogen) atoms. The van der Waals surface area contributed by atoms with Crippen molar-refractivity contribution in [2.24, 2.45) is 4.99 Å². The van der Waals surface area contributed by atoms with Crippen LogP contribution in [-0.4, -0.2) is 37.9 Å². The highest BCUT2D eigenvalue weighted by atomic mass is 35.5. The van der Waals surface area contributed by atoms with E-state index in [0.717, 1.165) is 11.3 Å². The minimum Gasteiger partial charge on any atom is -0.459 e. The summed E-state index contributed by atoms with van der Waals surface area (Å²) in [5.41, 5.74) is 2.49. The number of aliphatic imine (C=N–C) groups is 1. The Labute approximate surface area is 150 Å². The Hall–Kier alpha value is -2.40. The molecule has 0 saturated carbocycles. The van der Waals surface area contributed by atoms with Crippen molar-refractivity contribution < 1.29 is 13.9 Å². The van der Waals surface area contributed by atoms with Crippen LogP contribution < -0.4 is 4.90 Å². The van der Waals surface area contributed by atoms with E-state index in [0.29, 0.717) is 22.8 Å². The van der Waals surface area contributed by atoms with Gasteiger partial charge in [0.05, 0.1) is 18.8 Å². The van der Waals surface area contributed by atoms with Gasteiger partial charge in [-0.05, 0) is 30.3 Å². The maximum Gasteiger partial charge on any atom is 0.303 e. The number of rotatable bonds is 2. The molecule has 0 amide bonds. The van der Waals surface area contributed by atoms with E-state index in [2.05, 4.69) is 4.99 Å². The number of esters is 1. The Morgan fingerprint density at radius 1 is 1.28 bits per heavy atom. The smallest absolute Gasteiger partial charge is 0.303 e.